The van der Waals surface area contributed by atoms with Crippen molar-refractivity contribution < 1.29 is 4.39 Å². The van der Waals surface area contributed by atoms with E-state index in [1.54, 1.807) is 12.3 Å². The maximum absolute atomic E-state index is 14.0. The van der Waals surface area contributed by atoms with Crippen molar-refractivity contribution in [1.29, 1.82) is 0 Å². The molecule has 0 aliphatic carbocycles. The fraction of sp³-hybridized carbons (Fsp3) is 0.583. The van der Waals surface area contributed by atoms with Crippen LogP contribution in [0.15, 0.2) is 12.3 Å². The molecule has 1 aromatic rings. The summed E-state index contributed by atoms with van der Waals surface area (Å²) in [6, 6.07) is 1.85. The molecule has 1 heterocycles. The lowest BCUT2D eigenvalue weighted by molar-refractivity contribution is 0.491. The Hall–Kier alpha value is -1.16. The van der Waals surface area contributed by atoms with Gasteiger partial charge in [0, 0.05) is 31.4 Å². The van der Waals surface area contributed by atoms with Crippen LogP contribution < -0.4 is 10.6 Å². The molecule has 0 spiro atoms. The lowest BCUT2D eigenvalue weighted by atomic mass is 10.1. The third kappa shape index (κ3) is 2.50. The van der Waals surface area contributed by atoms with Gasteiger partial charge in [0.05, 0.1) is 0 Å². The SMILES string of the molecule is CC(C)C(C)N(C)c1nccc(CN)c1F. The third-order valence-electron chi connectivity index (χ3n) is 3.08. The highest BCUT2D eigenvalue weighted by atomic mass is 19.1. The van der Waals surface area contributed by atoms with Gasteiger partial charge >= 0.3 is 0 Å². The van der Waals surface area contributed by atoms with Crippen LogP contribution in [0, 0.1) is 11.7 Å². The van der Waals surface area contributed by atoms with Crippen molar-refractivity contribution in [3.63, 3.8) is 0 Å². The van der Waals surface area contributed by atoms with Crippen molar-refractivity contribution in [2.75, 3.05) is 11.9 Å². The first-order valence-corrected chi connectivity index (χ1v) is 5.55. The molecule has 2 N–H and O–H groups in total. The van der Waals surface area contributed by atoms with Gasteiger partial charge in [-0.2, -0.15) is 0 Å². The molecule has 0 bridgehead atoms. The zero-order valence-electron chi connectivity index (χ0n) is 10.4. The normalized spacial score (nSPS) is 12.9. The summed E-state index contributed by atoms with van der Waals surface area (Å²) in [5, 5.41) is 0. The first-order valence-electron chi connectivity index (χ1n) is 5.55. The average Bonchev–Trinajstić information content (AvgIpc) is 2.27. The fourth-order valence-corrected chi connectivity index (χ4v) is 1.51. The van der Waals surface area contributed by atoms with Crippen molar-refractivity contribution in [2.24, 2.45) is 11.7 Å². The zero-order valence-corrected chi connectivity index (χ0v) is 10.4. The number of halogens is 1. The predicted octanol–water partition coefficient (Wildman–Crippen LogP) is 2.16. The molecule has 0 amide bonds. The lowest BCUT2D eigenvalue weighted by Crippen LogP contribution is -2.34. The first-order chi connectivity index (χ1) is 7.49. The van der Waals surface area contributed by atoms with Crippen molar-refractivity contribution >= 4 is 5.82 Å². The van der Waals surface area contributed by atoms with Crippen LogP contribution in [0.2, 0.25) is 0 Å². The summed E-state index contributed by atoms with van der Waals surface area (Å²) >= 11 is 0. The minimum absolute atomic E-state index is 0.200. The second-order valence-electron chi connectivity index (χ2n) is 4.41. The van der Waals surface area contributed by atoms with Crippen LogP contribution in [0.4, 0.5) is 10.2 Å². The summed E-state index contributed by atoms with van der Waals surface area (Å²) in [6.45, 7) is 6.46. The predicted molar refractivity (Wildman–Crippen MR) is 64.8 cm³/mol. The molecule has 0 aliphatic rings. The van der Waals surface area contributed by atoms with Crippen molar-refractivity contribution in [3.05, 3.63) is 23.6 Å². The van der Waals surface area contributed by atoms with E-state index >= 15 is 0 Å². The van der Waals surface area contributed by atoms with Crippen LogP contribution in [0.25, 0.3) is 0 Å². The molecule has 0 saturated heterocycles. The van der Waals surface area contributed by atoms with E-state index in [9.17, 15) is 4.39 Å². The summed E-state index contributed by atoms with van der Waals surface area (Å²) < 4.78 is 14.0. The Morgan fingerprint density at radius 2 is 2.06 bits per heavy atom. The minimum atomic E-state index is -0.306. The molecule has 3 nitrogen and oxygen atoms in total. The van der Waals surface area contributed by atoms with Crippen LogP contribution in [0.1, 0.15) is 26.3 Å². The maximum atomic E-state index is 14.0. The number of nitrogens with two attached hydrogens (primary N) is 1. The van der Waals surface area contributed by atoms with Crippen LogP contribution in [0.3, 0.4) is 0 Å². The number of rotatable bonds is 4. The molecule has 0 radical (unpaired) electrons. The van der Waals surface area contributed by atoms with Crippen molar-refractivity contribution in [2.45, 2.75) is 33.4 Å². The highest BCUT2D eigenvalue weighted by Crippen LogP contribution is 2.22. The molecular weight excluding hydrogens is 205 g/mol. The summed E-state index contributed by atoms with van der Waals surface area (Å²) in [5.74, 6) is 0.511. The minimum Gasteiger partial charge on any atom is -0.354 e. The van der Waals surface area contributed by atoms with E-state index in [-0.39, 0.29) is 18.4 Å². The van der Waals surface area contributed by atoms with Gasteiger partial charge in [0.2, 0.25) is 0 Å². The van der Waals surface area contributed by atoms with Crippen molar-refractivity contribution in [1.82, 2.24) is 4.98 Å². The van der Waals surface area contributed by atoms with Crippen LogP contribution in [-0.2, 0) is 6.54 Å². The molecule has 0 aromatic carbocycles. The quantitative estimate of drug-likeness (QED) is 0.853. The molecule has 4 heteroatoms. The van der Waals surface area contributed by atoms with Gasteiger partial charge in [-0.05, 0) is 18.9 Å². The van der Waals surface area contributed by atoms with E-state index in [0.29, 0.717) is 17.3 Å². The molecule has 0 saturated carbocycles. The van der Waals surface area contributed by atoms with Crippen molar-refractivity contribution in [3.8, 4) is 0 Å². The molecule has 16 heavy (non-hydrogen) atoms. The Morgan fingerprint density at radius 3 is 2.56 bits per heavy atom. The Kier molecular flexibility index (Phi) is 4.24. The molecule has 0 aliphatic heterocycles. The van der Waals surface area contributed by atoms with Gasteiger partial charge in [-0.1, -0.05) is 13.8 Å². The molecule has 1 aromatic heterocycles. The van der Waals surface area contributed by atoms with Crippen LogP contribution in [-0.4, -0.2) is 18.1 Å². The molecule has 1 unspecified atom stereocenters. The van der Waals surface area contributed by atoms with Crippen LogP contribution >= 0.6 is 0 Å². The lowest BCUT2D eigenvalue weighted by Gasteiger charge is -2.29. The number of nitrogens with zero attached hydrogens (tertiary/aromatic N) is 2. The fourth-order valence-electron chi connectivity index (χ4n) is 1.51. The molecule has 1 atom stereocenters. The topological polar surface area (TPSA) is 42.2 Å². The Bertz CT molecular complexity index is 352. The van der Waals surface area contributed by atoms with E-state index in [4.69, 9.17) is 5.73 Å². The number of hydrogen-bond donors (Lipinski definition) is 1. The average molecular weight is 225 g/mol. The van der Waals surface area contributed by atoms with Gasteiger partial charge in [0.15, 0.2) is 11.6 Å². The Morgan fingerprint density at radius 1 is 1.44 bits per heavy atom. The van der Waals surface area contributed by atoms with Gasteiger partial charge < -0.3 is 10.6 Å². The number of aromatic nitrogens is 1. The van der Waals surface area contributed by atoms with Gasteiger partial charge in [0.1, 0.15) is 0 Å². The second kappa shape index (κ2) is 5.25. The van der Waals surface area contributed by atoms with E-state index in [0.717, 1.165) is 0 Å². The largest absolute Gasteiger partial charge is 0.354 e. The van der Waals surface area contributed by atoms with Crippen LogP contribution in [0.5, 0.6) is 0 Å². The van der Waals surface area contributed by atoms with Gasteiger partial charge in [-0.3, -0.25) is 0 Å². The molecule has 0 fully saturated rings. The maximum Gasteiger partial charge on any atom is 0.170 e. The highest BCUT2D eigenvalue weighted by molar-refractivity contribution is 5.43. The smallest absolute Gasteiger partial charge is 0.170 e. The number of anilines is 1. The second-order valence-corrected chi connectivity index (χ2v) is 4.41. The number of hydrogen-bond acceptors (Lipinski definition) is 3. The van der Waals surface area contributed by atoms with E-state index in [2.05, 4.69) is 25.8 Å². The van der Waals surface area contributed by atoms with Gasteiger partial charge in [0.25, 0.3) is 0 Å². The van der Waals surface area contributed by atoms with E-state index < -0.39 is 0 Å². The Balaban J connectivity index is 3.04. The van der Waals surface area contributed by atoms with Gasteiger partial charge in [-0.15, -0.1) is 0 Å². The molecule has 90 valence electrons. The van der Waals surface area contributed by atoms with E-state index in [1.807, 2.05) is 11.9 Å². The zero-order chi connectivity index (χ0) is 12.3. The number of pyridine rings is 1. The first kappa shape index (κ1) is 12.9. The summed E-state index contributed by atoms with van der Waals surface area (Å²) in [5.41, 5.74) is 5.98. The standard InChI is InChI=1S/C12H20FN3/c1-8(2)9(3)16(4)12-11(13)10(7-14)5-6-15-12/h5-6,8-9H,7,14H2,1-4H3. The molecular formula is C12H20FN3. The Labute approximate surface area is 96.5 Å². The summed E-state index contributed by atoms with van der Waals surface area (Å²) in [6.07, 6.45) is 1.60. The highest BCUT2D eigenvalue weighted by Gasteiger charge is 2.19. The molecule has 1 rings (SSSR count). The summed E-state index contributed by atoms with van der Waals surface area (Å²) in [7, 11) is 1.86. The van der Waals surface area contributed by atoms with Gasteiger partial charge in [-0.25, -0.2) is 9.37 Å². The monoisotopic (exact) mass is 225 g/mol. The summed E-state index contributed by atoms with van der Waals surface area (Å²) in [4.78, 5) is 5.95. The third-order valence-corrected chi connectivity index (χ3v) is 3.08. The van der Waals surface area contributed by atoms with E-state index in [1.165, 1.54) is 0 Å².